The zero-order valence-corrected chi connectivity index (χ0v) is 31.8. The van der Waals surface area contributed by atoms with Crippen LogP contribution in [0.5, 0.6) is 0 Å². The molecule has 47 heavy (non-hydrogen) atoms. The van der Waals surface area contributed by atoms with Gasteiger partial charge in [-0.1, -0.05) is 60.1 Å². The topological polar surface area (TPSA) is 86.7 Å². The van der Waals surface area contributed by atoms with E-state index in [1.54, 1.807) is 5.57 Å². The number of unbranched alkanes of at least 4 members (excludes halogenated alkanes) is 1. The molecule has 268 valence electrons. The minimum absolute atomic E-state index is 0.174. The minimum atomic E-state index is -2.84. The van der Waals surface area contributed by atoms with E-state index in [0.29, 0.717) is 52.7 Å². The van der Waals surface area contributed by atoms with Crippen LogP contribution < -0.4 is 5.32 Å². The van der Waals surface area contributed by atoms with Gasteiger partial charge in [0.2, 0.25) is 0 Å². The van der Waals surface area contributed by atoms with Crippen LogP contribution in [0.15, 0.2) is 11.6 Å². The van der Waals surface area contributed by atoms with Gasteiger partial charge >= 0.3 is 5.97 Å². The van der Waals surface area contributed by atoms with E-state index in [9.17, 15) is 13.2 Å². The largest absolute Gasteiger partial charge is 0.481 e. The molecule has 0 spiro atoms. The first-order valence-corrected chi connectivity index (χ1v) is 21.4. The number of carboxylic acid groups (broad SMARTS) is 1. The first-order chi connectivity index (χ1) is 22.0. The molecule has 5 aliphatic carbocycles. The number of allylic oxidation sites excluding steroid dienone is 2. The highest BCUT2D eigenvalue weighted by atomic mass is 32.2. The number of hydrogen-bond acceptors (Lipinski definition) is 5. The maximum Gasteiger partial charge on any atom is 0.303 e. The Morgan fingerprint density at radius 1 is 0.936 bits per heavy atom. The molecule has 7 heteroatoms. The van der Waals surface area contributed by atoms with Gasteiger partial charge in [-0.15, -0.1) is 0 Å². The summed E-state index contributed by atoms with van der Waals surface area (Å²) in [6.45, 7) is 21.5. The molecule has 1 aliphatic heterocycles. The minimum Gasteiger partial charge on any atom is -0.481 e. The Morgan fingerprint density at radius 2 is 1.66 bits per heavy atom. The van der Waals surface area contributed by atoms with Crippen molar-refractivity contribution in [3.63, 3.8) is 0 Å². The normalized spacial score (nSPS) is 44.2. The van der Waals surface area contributed by atoms with E-state index in [-0.39, 0.29) is 17.4 Å². The average molecular weight is 673 g/mol. The van der Waals surface area contributed by atoms with E-state index in [1.165, 1.54) is 57.8 Å². The molecule has 9 atom stereocenters. The molecule has 1 heterocycles. The second kappa shape index (κ2) is 12.7. The predicted octanol–water partition coefficient (Wildman–Crippen LogP) is 7.98. The molecular formula is C40H68N2O4S. The third kappa shape index (κ3) is 6.00. The number of aliphatic carboxylic acids is 1. The van der Waals surface area contributed by atoms with Crippen molar-refractivity contribution in [2.45, 2.75) is 137 Å². The molecule has 5 fully saturated rings. The predicted molar refractivity (Wildman–Crippen MR) is 192 cm³/mol. The Morgan fingerprint density at radius 3 is 2.34 bits per heavy atom. The Kier molecular flexibility index (Phi) is 9.69. The van der Waals surface area contributed by atoms with Crippen molar-refractivity contribution in [1.29, 1.82) is 0 Å². The summed E-state index contributed by atoms with van der Waals surface area (Å²) in [5.74, 6) is 4.37. The van der Waals surface area contributed by atoms with Crippen LogP contribution in [0.3, 0.4) is 0 Å². The van der Waals surface area contributed by atoms with E-state index >= 15 is 0 Å². The van der Waals surface area contributed by atoms with Crippen molar-refractivity contribution in [3.05, 3.63) is 11.6 Å². The Bertz CT molecular complexity index is 1310. The summed E-state index contributed by atoms with van der Waals surface area (Å²) in [5, 5.41) is 13.4. The third-order valence-electron chi connectivity index (χ3n) is 16.5. The molecule has 1 saturated heterocycles. The van der Waals surface area contributed by atoms with E-state index in [4.69, 9.17) is 5.11 Å². The molecule has 6 nitrogen and oxygen atoms in total. The first-order valence-electron chi connectivity index (χ1n) is 19.6. The van der Waals surface area contributed by atoms with Gasteiger partial charge in [-0.25, -0.2) is 8.42 Å². The second-order valence-electron chi connectivity index (χ2n) is 19.0. The Hall–Kier alpha value is -0.920. The molecule has 2 N–H and O–H groups in total. The smallest absolute Gasteiger partial charge is 0.303 e. The number of hydrogen-bond donors (Lipinski definition) is 2. The maximum absolute atomic E-state index is 12.0. The van der Waals surface area contributed by atoms with Gasteiger partial charge in [0.05, 0.1) is 11.5 Å². The van der Waals surface area contributed by atoms with Crippen LogP contribution >= 0.6 is 0 Å². The van der Waals surface area contributed by atoms with Crippen molar-refractivity contribution in [2.75, 3.05) is 37.7 Å². The fourth-order valence-electron chi connectivity index (χ4n) is 13.8. The summed E-state index contributed by atoms with van der Waals surface area (Å²) in [4.78, 5) is 13.5. The molecule has 0 bridgehead atoms. The summed E-state index contributed by atoms with van der Waals surface area (Å²) >= 11 is 0. The molecule has 6 rings (SSSR count). The van der Waals surface area contributed by atoms with Crippen LogP contribution in [0, 0.1) is 57.2 Å². The van der Waals surface area contributed by atoms with Gasteiger partial charge in [0.25, 0.3) is 0 Å². The van der Waals surface area contributed by atoms with Crippen LogP contribution in [-0.4, -0.2) is 67.6 Å². The van der Waals surface area contributed by atoms with Gasteiger partial charge in [0, 0.05) is 38.1 Å². The number of carboxylic acids is 1. The zero-order valence-electron chi connectivity index (χ0n) is 31.0. The number of nitrogens with one attached hydrogen (secondary N) is 1. The quantitative estimate of drug-likeness (QED) is 0.181. The van der Waals surface area contributed by atoms with Crippen molar-refractivity contribution >= 4 is 15.8 Å². The highest BCUT2D eigenvalue weighted by Crippen LogP contribution is 2.76. The van der Waals surface area contributed by atoms with E-state index in [2.05, 4.69) is 64.8 Å². The summed E-state index contributed by atoms with van der Waals surface area (Å²) in [6.07, 6.45) is 17.6. The zero-order chi connectivity index (χ0) is 34.0. The number of rotatable bonds is 10. The lowest BCUT2D eigenvalue weighted by molar-refractivity contribution is -0.223. The third-order valence-corrected chi connectivity index (χ3v) is 18.1. The van der Waals surface area contributed by atoms with Crippen molar-refractivity contribution in [2.24, 2.45) is 57.2 Å². The molecule has 4 saturated carbocycles. The van der Waals surface area contributed by atoms with E-state index < -0.39 is 15.8 Å². The lowest BCUT2D eigenvalue weighted by atomic mass is 9.33. The van der Waals surface area contributed by atoms with Crippen molar-refractivity contribution in [3.8, 4) is 0 Å². The Labute approximate surface area is 287 Å². The SMILES string of the molecule is CC(C)[C@@H]1CC[C@]2(NCCN3CCS(=O)(=O)CC3)CC[C@]3(C)[C@H](CC[C@@H]4[C@@]5(C)CC=C(CCCCC(=O)O)C(C)(C)[C@@H]5CC[C@]43C)[C@@H]12. The highest BCUT2D eigenvalue weighted by Gasteiger charge is 2.70. The van der Waals surface area contributed by atoms with E-state index in [0.717, 1.165) is 56.0 Å². The van der Waals surface area contributed by atoms with Crippen molar-refractivity contribution < 1.29 is 18.3 Å². The van der Waals surface area contributed by atoms with Gasteiger partial charge in [-0.3, -0.25) is 4.79 Å². The summed E-state index contributed by atoms with van der Waals surface area (Å²) in [5.41, 5.74) is 3.02. The fourth-order valence-corrected chi connectivity index (χ4v) is 15.1. The van der Waals surface area contributed by atoms with Crippen LogP contribution in [-0.2, 0) is 14.6 Å². The molecule has 0 aromatic carbocycles. The van der Waals surface area contributed by atoms with E-state index in [1.807, 2.05) is 0 Å². The molecule has 0 amide bonds. The molecule has 0 aromatic rings. The van der Waals surface area contributed by atoms with Crippen LogP contribution in [0.2, 0.25) is 0 Å². The number of fused-ring (bicyclic) bond motifs is 7. The highest BCUT2D eigenvalue weighted by molar-refractivity contribution is 7.91. The maximum atomic E-state index is 12.0. The van der Waals surface area contributed by atoms with Crippen LogP contribution in [0.4, 0.5) is 0 Å². The van der Waals surface area contributed by atoms with Gasteiger partial charge in [-0.2, -0.15) is 0 Å². The lowest BCUT2D eigenvalue weighted by Crippen LogP contribution is -2.68. The van der Waals surface area contributed by atoms with Gasteiger partial charge in [0.1, 0.15) is 0 Å². The first kappa shape index (κ1) is 35.9. The molecule has 0 aromatic heterocycles. The molecule has 0 radical (unpaired) electrons. The molecule has 6 aliphatic rings. The lowest BCUT2D eigenvalue weighted by Gasteiger charge is -2.72. The standard InChI is InChI=1S/C40H68N2O4S/c1-28(2)30-15-19-40(41-22-23-42-24-26-47(45,46)27-25-42)21-20-38(6)31(35(30)40)12-13-33-37(5)17-14-29(10-8-9-11-34(43)44)36(3,4)32(37)16-18-39(33,38)7/h14,28,30-33,35,41H,8-13,15-27H2,1-7H3,(H,43,44)/t30-,31+,32-,33+,35+,37-,38+,39+,40-/m0/s1. The van der Waals surface area contributed by atoms with Gasteiger partial charge in [0.15, 0.2) is 9.84 Å². The Balaban J connectivity index is 1.21. The molecular weight excluding hydrogens is 605 g/mol. The van der Waals surface area contributed by atoms with Gasteiger partial charge < -0.3 is 15.3 Å². The summed E-state index contributed by atoms with van der Waals surface area (Å²) in [6, 6.07) is 0. The monoisotopic (exact) mass is 672 g/mol. The number of nitrogens with zero attached hydrogens (tertiary/aromatic N) is 1. The summed E-state index contributed by atoms with van der Waals surface area (Å²) in [7, 11) is -2.84. The van der Waals surface area contributed by atoms with Crippen LogP contribution in [0.1, 0.15) is 132 Å². The number of sulfone groups is 1. The summed E-state index contributed by atoms with van der Waals surface area (Å²) < 4.78 is 24.0. The molecule has 0 unspecified atom stereocenters. The van der Waals surface area contributed by atoms with Gasteiger partial charge in [-0.05, 0) is 134 Å². The average Bonchev–Trinajstić information content (AvgIpc) is 3.37. The fraction of sp³-hybridized carbons (Fsp3) is 0.925. The number of carbonyl (C=O) groups is 1. The van der Waals surface area contributed by atoms with Crippen LogP contribution in [0.25, 0.3) is 0 Å². The second-order valence-corrected chi connectivity index (χ2v) is 21.3. The van der Waals surface area contributed by atoms with Crippen molar-refractivity contribution in [1.82, 2.24) is 10.2 Å².